The van der Waals surface area contributed by atoms with Crippen LogP contribution in [-0.2, 0) is 11.3 Å². The van der Waals surface area contributed by atoms with E-state index in [9.17, 15) is 9.59 Å². The number of likely N-dealkylation sites (tertiary alicyclic amines) is 1. The van der Waals surface area contributed by atoms with Gasteiger partial charge in [-0.3, -0.25) is 9.59 Å². The molecule has 5 nitrogen and oxygen atoms in total. The summed E-state index contributed by atoms with van der Waals surface area (Å²) in [6.45, 7) is 3.89. The number of benzene rings is 2. The molecule has 0 bridgehead atoms. The molecule has 0 unspecified atom stereocenters. The summed E-state index contributed by atoms with van der Waals surface area (Å²) in [7, 11) is 0. The highest BCUT2D eigenvalue weighted by Gasteiger charge is 2.19. The standard InChI is InChI=1S/C22H22BrN3O2/c1-15-21(23)18-6-2-3-7-19(18)26(15)14-20(27)24-17-10-8-16(9-11-17)22(28)25-12-4-5-13-25/h2-3,6-11H,4-5,12-14H2,1H3,(H,24,27). The summed E-state index contributed by atoms with van der Waals surface area (Å²) >= 11 is 3.62. The second kappa shape index (κ2) is 7.80. The molecular formula is C22H22BrN3O2. The van der Waals surface area contributed by atoms with E-state index in [0.717, 1.165) is 47.0 Å². The maximum atomic E-state index is 12.6. The quantitative estimate of drug-likeness (QED) is 0.646. The minimum Gasteiger partial charge on any atom is -0.339 e. The van der Waals surface area contributed by atoms with Gasteiger partial charge in [-0.25, -0.2) is 0 Å². The van der Waals surface area contributed by atoms with Crippen LogP contribution in [0.15, 0.2) is 53.0 Å². The lowest BCUT2D eigenvalue weighted by atomic mass is 10.2. The number of nitrogens with zero attached hydrogens (tertiary/aromatic N) is 2. The van der Waals surface area contributed by atoms with Gasteiger partial charge < -0.3 is 14.8 Å². The number of fused-ring (bicyclic) bond motifs is 1. The summed E-state index contributed by atoms with van der Waals surface area (Å²) in [5.74, 6) is -0.0374. The maximum Gasteiger partial charge on any atom is 0.253 e. The average molecular weight is 440 g/mol. The summed E-state index contributed by atoms with van der Waals surface area (Å²) in [6, 6.07) is 15.2. The van der Waals surface area contributed by atoms with Gasteiger partial charge in [-0.05, 0) is 66.0 Å². The van der Waals surface area contributed by atoms with Gasteiger partial charge in [-0.2, -0.15) is 0 Å². The predicted octanol–water partition coefficient (Wildman–Crippen LogP) is 4.59. The number of hydrogen-bond donors (Lipinski definition) is 1. The van der Waals surface area contributed by atoms with Crippen LogP contribution in [0.1, 0.15) is 28.9 Å². The number of para-hydroxylation sites is 1. The molecule has 3 aromatic rings. The predicted molar refractivity (Wildman–Crippen MR) is 115 cm³/mol. The van der Waals surface area contributed by atoms with Crippen molar-refractivity contribution in [2.24, 2.45) is 0 Å². The van der Waals surface area contributed by atoms with Crippen LogP contribution in [0.4, 0.5) is 5.69 Å². The van der Waals surface area contributed by atoms with Crippen LogP contribution < -0.4 is 5.32 Å². The Morgan fingerprint density at radius 1 is 1.04 bits per heavy atom. The van der Waals surface area contributed by atoms with E-state index in [4.69, 9.17) is 0 Å². The van der Waals surface area contributed by atoms with Crippen molar-refractivity contribution in [1.82, 2.24) is 9.47 Å². The normalized spacial score (nSPS) is 13.9. The van der Waals surface area contributed by atoms with Crippen LogP contribution >= 0.6 is 15.9 Å². The monoisotopic (exact) mass is 439 g/mol. The fourth-order valence-electron chi connectivity index (χ4n) is 3.74. The van der Waals surface area contributed by atoms with E-state index in [1.807, 2.05) is 40.7 Å². The molecule has 4 rings (SSSR count). The fourth-order valence-corrected chi connectivity index (χ4v) is 4.28. The number of nitrogens with one attached hydrogen (secondary N) is 1. The number of anilines is 1. The lowest BCUT2D eigenvalue weighted by Crippen LogP contribution is -2.27. The Bertz CT molecular complexity index is 1030. The molecule has 2 amide bonds. The maximum absolute atomic E-state index is 12.6. The molecule has 0 radical (unpaired) electrons. The summed E-state index contributed by atoms with van der Waals surface area (Å²) in [6.07, 6.45) is 2.15. The van der Waals surface area contributed by atoms with Gasteiger partial charge in [-0.1, -0.05) is 18.2 Å². The summed E-state index contributed by atoms with van der Waals surface area (Å²) < 4.78 is 3.01. The first-order valence-corrected chi connectivity index (χ1v) is 10.3. The van der Waals surface area contributed by atoms with Gasteiger partial charge in [0.25, 0.3) is 5.91 Å². The lowest BCUT2D eigenvalue weighted by Gasteiger charge is -2.15. The third-order valence-corrected chi connectivity index (χ3v) is 6.27. The average Bonchev–Trinajstić information content (AvgIpc) is 3.32. The number of amides is 2. The number of rotatable bonds is 4. The molecule has 6 heteroatoms. The Balaban J connectivity index is 1.46. The van der Waals surface area contributed by atoms with E-state index in [1.54, 1.807) is 24.3 Å². The molecule has 144 valence electrons. The third-order valence-electron chi connectivity index (χ3n) is 5.26. The first-order chi connectivity index (χ1) is 13.5. The Morgan fingerprint density at radius 3 is 2.43 bits per heavy atom. The van der Waals surface area contributed by atoms with Crippen LogP contribution in [0.3, 0.4) is 0 Å². The second-order valence-electron chi connectivity index (χ2n) is 7.13. The highest BCUT2D eigenvalue weighted by molar-refractivity contribution is 9.10. The molecule has 1 fully saturated rings. The molecule has 1 aliphatic heterocycles. The summed E-state index contributed by atoms with van der Waals surface area (Å²) in [5, 5.41) is 4.02. The molecule has 1 aromatic heterocycles. The summed E-state index contributed by atoms with van der Waals surface area (Å²) in [4.78, 5) is 26.9. The number of halogens is 1. The molecule has 0 aliphatic carbocycles. The van der Waals surface area contributed by atoms with Gasteiger partial charge in [0.1, 0.15) is 6.54 Å². The highest BCUT2D eigenvalue weighted by atomic mass is 79.9. The van der Waals surface area contributed by atoms with E-state index in [-0.39, 0.29) is 18.4 Å². The van der Waals surface area contributed by atoms with Crippen molar-refractivity contribution in [3.63, 3.8) is 0 Å². The van der Waals surface area contributed by atoms with Crippen LogP contribution in [0.25, 0.3) is 10.9 Å². The van der Waals surface area contributed by atoms with Crippen molar-refractivity contribution in [3.05, 3.63) is 64.3 Å². The Hall–Kier alpha value is -2.60. The zero-order valence-electron chi connectivity index (χ0n) is 15.7. The molecule has 0 spiro atoms. The third kappa shape index (κ3) is 3.56. The Morgan fingerprint density at radius 2 is 1.71 bits per heavy atom. The number of aromatic nitrogens is 1. The van der Waals surface area contributed by atoms with Gasteiger partial charge in [0, 0.05) is 45.4 Å². The van der Waals surface area contributed by atoms with Gasteiger partial charge in [0.15, 0.2) is 0 Å². The first-order valence-electron chi connectivity index (χ1n) is 9.47. The molecule has 1 N–H and O–H groups in total. The van der Waals surface area contributed by atoms with Gasteiger partial charge in [0.05, 0.1) is 0 Å². The number of carbonyl (C=O) groups is 2. The topological polar surface area (TPSA) is 54.3 Å². The van der Waals surface area contributed by atoms with Crippen molar-refractivity contribution in [2.45, 2.75) is 26.3 Å². The smallest absolute Gasteiger partial charge is 0.253 e. The molecular weight excluding hydrogens is 418 g/mol. The van der Waals surface area contributed by atoms with Gasteiger partial charge in [0.2, 0.25) is 5.91 Å². The van der Waals surface area contributed by atoms with Gasteiger partial charge in [-0.15, -0.1) is 0 Å². The zero-order valence-corrected chi connectivity index (χ0v) is 17.3. The Kier molecular flexibility index (Phi) is 5.22. The van der Waals surface area contributed by atoms with Crippen LogP contribution in [0, 0.1) is 6.92 Å². The largest absolute Gasteiger partial charge is 0.339 e. The highest BCUT2D eigenvalue weighted by Crippen LogP contribution is 2.30. The SMILES string of the molecule is Cc1c(Br)c2ccccc2n1CC(=O)Nc1ccc(C(=O)N2CCCC2)cc1. The van der Waals surface area contributed by atoms with Crippen molar-refractivity contribution in [2.75, 3.05) is 18.4 Å². The molecule has 2 heterocycles. The zero-order chi connectivity index (χ0) is 19.7. The molecule has 28 heavy (non-hydrogen) atoms. The van der Waals surface area contributed by atoms with Crippen molar-refractivity contribution in [3.8, 4) is 0 Å². The summed E-state index contributed by atoms with van der Waals surface area (Å²) in [5.41, 5.74) is 3.39. The van der Waals surface area contributed by atoms with Gasteiger partial charge >= 0.3 is 0 Å². The lowest BCUT2D eigenvalue weighted by molar-refractivity contribution is -0.116. The second-order valence-corrected chi connectivity index (χ2v) is 7.92. The number of hydrogen-bond acceptors (Lipinski definition) is 2. The molecule has 2 aromatic carbocycles. The molecule has 1 aliphatic rings. The van der Waals surface area contributed by atoms with E-state index in [2.05, 4.69) is 21.2 Å². The molecule has 1 saturated heterocycles. The van der Waals surface area contributed by atoms with E-state index in [0.29, 0.717) is 11.3 Å². The Labute approximate surface area is 172 Å². The van der Waals surface area contributed by atoms with Crippen molar-refractivity contribution >= 4 is 44.3 Å². The first kappa shape index (κ1) is 18.7. The minimum absolute atomic E-state index is 0.0645. The van der Waals surface area contributed by atoms with Crippen LogP contribution in [0.2, 0.25) is 0 Å². The number of carbonyl (C=O) groups excluding carboxylic acids is 2. The van der Waals surface area contributed by atoms with Crippen molar-refractivity contribution in [1.29, 1.82) is 0 Å². The van der Waals surface area contributed by atoms with Crippen LogP contribution in [0.5, 0.6) is 0 Å². The van der Waals surface area contributed by atoms with E-state index >= 15 is 0 Å². The van der Waals surface area contributed by atoms with E-state index < -0.39 is 0 Å². The molecule has 0 atom stereocenters. The van der Waals surface area contributed by atoms with Crippen LogP contribution in [-0.4, -0.2) is 34.4 Å². The van der Waals surface area contributed by atoms with Crippen molar-refractivity contribution < 1.29 is 9.59 Å². The fraction of sp³-hybridized carbons (Fsp3) is 0.273. The van der Waals surface area contributed by atoms with E-state index in [1.165, 1.54) is 0 Å². The molecule has 0 saturated carbocycles. The minimum atomic E-state index is -0.102.